The lowest BCUT2D eigenvalue weighted by Gasteiger charge is -2.28. The van der Waals surface area contributed by atoms with Crippen LogP contribution in [0.1, 0.15) is 16.8 Å². The molecule has 0 radical (unpaired) electrons. The number of aliphatic hydroxyl groups is 1. The van der Waals surface area contributed by atoms with E-state index in [9.17, 15) is 9.90 Å². The van der Waals surface area contributed by atoms with Crippen molar-refractivity contribution in [1.82, 2.24) is 10.3 Å². The van der Waals surface area contributed by atoms with Crippen molar-refractivity contribution in [3.8, 4) is 0 Å². The minimum absolute atomic E-state index is 0.200. The number of thiazole rings is 1. The molecule has 22 heavy (non-hydrogen) atoms. The van der Waals surface area contributed by atoms with Crippen LogP contribution in [0.15, 0.2) is 35.8 Å². The first kappa shape index (κ1) is 15.0. The van der Waals surface area contributed by atoms with Crippen LogP contribution in [0, 0.1) is 0 Å². The summed E-state index contributed by atoms with van der Waals surface area (Å²) in [5, 5.41) is 18.5. The van der Waals surface area contributed by atoms with Gasteiger partial charge in [0.2, 0.25) is 0 Å². The van der Waals surface area contributed by atoms with Crippen molar-refractivity contribution in [2.45, 2.75) is 18.6 Å². The van der Waals surface area contributed by atoms with Gasteiger partial charge in [0.1, 0.15) is 0 Å². The quantitative estimate of drug-likeness (QED) is 0.800. The topological polar surface area (TPSA) is 83.5 Å². The van der Waals surface area contributed by atoms with Gasteiger partial charge in [-0.1, -0.05) is 6.07 Å². The summed E-state index contributed by atoms with van der Waals surface area (Å²) >= 11 is 1.49. The van der Waals surface area contributed by atoms with Crippen molar-refractivity contribution >= 4 is 28.1 Å². The Morgan fingerprint density at radius 1 is 1.45 bits per heavy atom. The molecule has 1 amide bonds. The second-order valence-electron chi connectivity index (χ2n) is 5.05. The predicted octanol–water partition coefficient (Wildman–Crippen LogP) is 1.77. The number of benzene rings is 1. The van der Waals surface area contributed by atoms with Crippen molar-refractivity contribution in [1.29, 1.82) is 0 Å². The fraction of sp³-hybridized carbons (Fsp3) is 0.333. The van der Waals surface area contributed by atoms with E-state index >= 15 is 0 Å². The van der Waals surface area contributed by atoms with Crippen LogP contribution >= 0.6 is 11.3 Å². The third-order valence-electron chi connectivity index (χ3n) is 3.45. The van der Waals surface area contributed by atoms with Crippen LogP contribution in [0.5, 0.6) is 0 Å². The Balaban J connectivity index is 1.67. The zero-order valence-electron chi connectivity index (χ0n) is 11.9. The van der Waals surface area contributed by atoms with E-state index in [2.05, 4.69) is 15.6 Å². The molecule has 0 unspecified atom stereocenters. The number of anilines is 2. The highest BCUT2D eigenvalue weighted by Gasteiger charge is 2.25. The summed E-state index contributed by atoms with van der Waals surface area (Å²) in [5.74, 6) is -0.200. The van der Waals surface area contributed by atoms with Crippen LogP contribution in [0.4, 0.5) is 10.8 Å². The number of ether oxygens (including phenoxy) is 1. The maximum Gasteiger partial charge on any atom is 0.251 e. The van der Waals surface area contributed by atoms with Crippen molar-refractivity contribution in [2.75, 3.05) is 18.5 Å². The summed E-state index contributed by atoms with van der Waals surface area (Å²) in [7, 11) is 0. The van der Waals surface area contributed by atoms with Crippen LogP contribution < -0.4 is 10.6 Å². The lowest BCUT2D eigenvalue weighted by molar-refractivity contribution is -0.0260. The number of aliphatic hydroxyl groups excluding tert-OH is 1. The van der Waals surface area contributed by atoms with E-state index < -0.39 is 6.10 Å². The number of carbonyl (C=O) groups is 1. The molecule has 0 aliphatic carbocycles. The van der Waals surface area contributed by atoms with E-state index in [1.54, 1.807) is 18.3 Å². The molecule has 1 aliphatic heterocycles. The molecule has 1 aromatic heterocycles. The first-order chi connectivity index (χ1) is 10.7. The van der Waals surface area contributed by atoms with Crippen molar-refractivity contribution < 1.29 is 14.6 Å². The molecule has 2 heterocycles. The summed E-state index contributed by atoms with van der Waals surface area (Å²) in [5.41, 5.74) is 1.34. The highest BCUT2D eigenvalue weighted by Crippen LogP contribution is 2.19. The zero-order valence-corrected chi connectivity index (χ0v) is 12.7. The second-order valence-corrected chi connectivity index (χ2v) is 5.95. The highest BCUT2D eigenvalue weighted by atomic mass is 32.1. The number of carbonyl (C=O) groups excluding carboxylic acids is 1. The first-order valence-electron chi connectivity index (χ1n) is 7.05. The van der Waals surface area contributed by atoms with Gasteiger partial charge in [0, 0.05) is 29.4 Å². The highest BCUT2D eigenvalue weighted by molar-refractivity contribution is 7.13. The van der Waals surface area contributed by atoms with Crippen molar-refractivity contribution in [2.24, 2.45) is 0 Å². The maximum atomic E-state index is 12.3. The third kappa shape index (κ3) is 3.62. The maximum absolute atomic E-state index is 12.3. The van der Waals surface area contributed by atoms with Crippen molar-refractivity contribution in [3.05, 3.63) is 41.4 Å². The third-order valence-corrected chi connectivity index (χ3v) is 4.14. The fourth-order valence-electron chi connectivity index (χ4n) is 2.29. The molecule has 1 aromatic carbocycles. The number of aromatic nitrogens is 1. The lowest BCUT2D eigenvalue weighted by Crippen LogP contribution is -2.48. The summed E-state index contributed by atoms with van der Waals surface area (Å²) in [4.78, 5) is 16.5. The Morgan fingerprint density at radius 2 is 2.36 bits per heavy atom. The molecular weight excluding hydrogens is 302 g/mol. The number of nitrogens with zero attached hydrogens (tertiary/aromatic N) is 1. The molecule has 1 aliphatic rings. The van der Waals surface area contributed by atoms with E-state index in [0.29, 0.717) is 18.6 Å². The molecule has 6 nitrogen and oxygen atoms in total. The summed E-state index contributed by atoms with van der Waals surface area (Å²) in [6.07, 6.45) is 1.68. The van der Waals surface area contributed by atoms with Crippen LogP contribution in [0.25, 0.3) is 0 Å². The van der Waals surface area contributed by atoms with Crippen LogP contribution in [-0.4, -0.2) is 41.4 Å². The average Bonchev–Trinajstić information content (AvgIpc) is 3.03. The Hall–Kier alpha value is -1.96. The minimum atomic E-state index is -0.658. The predicted molar refractivity (Wildman–Crippen MR) is 84.5 cm³/mol. The van der Waals surface area contributed by atoms with E-state index in [0.717, 1.165) is 10.8 Å². The first-order valence-corrected chi connectivity index (χ1v) is 7.93. The number of rotatable bonds is 4. The van der Waals surface area contributed by atoms with E-state index in [1.165, 1.54) is 11.3 Å². The normalized spacial score (nSPS) is 21.3. The second kappa shape index (κ2) is 6.87. The van der Waals surface area contributed by atoms with Crippen LogP contribution in [0.2, 0.25) is 0 Å². The fourth-order valence-corrected chi connectivity index (χ4v) is 2.84. The molecule has 7 heteroatoms. The molecule has 1 saturated heterocycles. The Labute approximate surface area is 132 Å². The number of hydrogen-bond donors (Lipinski definition) is 3. The standard InChI is InChI=1S/C15H17N3O3S/c19-13-9-21-6-4-12(13)18-14(20)10-2-1-3-11(8-10)17-15-16-5-7-22-15/h1-3,5,7-8,12-13,19H,4,6,9H2,(H,16,17)(H,18,20)/t12-,13-/m1/s1. The molecule has 2 atom stereocenters. The molecule has 116 valence electrons. The van der Waals surface area contributed by atoms with Crippen LogP contribution in [-0.2, 0) is 4.74 Å². The van der Waals surface area contributed by atoms with Gasteiger partial charge < -0.3 is 20.5 Å². The Morgan fingerprint density at radius 3 is 3.14 bits per heavy atom. The Kier molecular flexibility index (Phi) is 4.67. The zero-order chi connectivity index (χ0) is 15.4. The van der Waals surface area contributed by atoms with Crippen molar-refractivity contribution in [3.63, 3.8) is 0 Å². The molecule has 3 rings (SSSR count). The van der Waals surface area contributed by atoms with Crippen LogP contribution in [0.3, 0.4) is 0 Å². The van der Waals surface area contributed by atoms with Gasteiger partial charge in [-0.25, -0.2) is 4.98 Å². The van der Waals surface area contributed by atoms with E-state index in [4.69, 9.17) is 4.74 Å². The molecular formula is C15H17N3O3S. The SMILES string of the molecule is O=C(N[C@@H]1CCOC[C@H]1O)c1cccc(Nc2nccs2)c1. The van der Waals surface area contributed by atoms with Gasteiger partial charge in [0.25, 0.3) is 5.91 Å². The largest absolute Gasteiger partial charge is 0.389 e. The van der Waals surface area contributed by atoms with Gasteiger partial charge in [0.05, 0.1) is 18.8 Å². The van der Waals surface area contributed by atoms with Gasteiger partial charge in [-0.05, 0) is 24.6 Å². The molecule has 1 fully saturated rings. The number of hydrogen-bond acceptors (Lipinski definition) is 6. The van der Waals surface area contributed by atoms with Gasteiger partial charge >= 0.3 is 0 Å². The minimum Gasteiger partial charge on any atom is -0.389 e. The summed E-state index contributed by atoms with van der Waals surface area (Å²) in [6.45, 7) is 0.810. The summed E-state index contributed by atoms with van der Waals surface area (Å²) in [6, 6.07) is 6.93. The Bertz CT molecular complexity index is 633. The van der Waals surface area contributed by atoms with Gasteiger partial charge in [-0.2, -0.15) is 0 Å². The average molecular weight is 319 g/mol. The lowest BCUT2D eigenvalue weighted by atomic mass is 10.1. The molecule has 0 spiro atoms. The van der Waals surface area contributed by atoms with Gasteiger partial charge in [-0.3, -0.25) is 4.79 Å². The summed E-state index contributed by atoms with van der Waals surface area (Å²) < 4.78 is 5.16. The molecule has 0 bridgehead atoms. The van der Waals surface area contributed by atoms with E-state index in [1.807, 2.05) is 17.5 Å². The smallest absolute Gasteiger partial charge is 0.251 e. The molecule has 3 N–H and O–H groups in total. The molecule has 0 saturated carbocycles. The number of amides is 1. The van der Waals surface area contributed by atoms with E-state index in [-0.39, 0.29) is 18.6 Å². The monoisotopic (exact) mass is 319 g/mol. The van der Waals surface area contributed by atoms with Gasteiger partial charge in [-0.15, -0.1) is 11.3 Å². The van der Waals surface area contributed by atoms with Gasteiger partial charge in [0.15, 0.2) is 5.13 Å². The number of nitrogens with one attached hydrogen (secondary N) is 2. The molecule has 2 aromatic rings.